The molecule has 0 bridgehead atoms. The van der Waals surface area contributed by atoms with Gasteiger partial charge in [-0.25, -0.2) is 0 Å². The molecule has 14 heavy (non-hydrogen) atoms. The van der Waals surface area contributed by atoms with Crippen molar-refractivity contribution < 1.29 is 23.9 Å². The van der Waals surface area contributed by atoms with Gasteiger partial charge in [0, 0.05) is 13.0 Å². The van der Waals surface area contributed by atoms with E-state index in [-0.39, 0.29) is 13.0 Å². The highest BCUT2D eigenvalue weighted by molar-refractivity contribution is 7.53. The summed E-state index contributed by atoms with van der Waals surface area (Å²) >= 11 is 0. The van der Waals surface area contributed by atoms with E-state index in [2.05, 4.69) is 0 Å². The first-order valence-corrected chi connectivity index (χ1v) is 6.12. The smallest absolute Gasteiger partial charge is 0.357 e. The average Bonchev–Trinajstić information content (AvgIpc) is 2.03. The van der Waals surface area contributed by atoms with Crippen LogP contribution in [0.1, 0.15) is 33.1 Å². The van der Waals surface area contributed by atoms with Crippen LogP contribution in [0.3, 0.4) is 0 Å². The van der Waals surface area contributed by atoms with E-state index in [0.29, 0.717) is 12.7 Å². The van der Waals surface area contributed by atoms with Gasteiger partial charge in [-0.1, -0.05) is 13.3 Å². The predicted molar refractivity (Wildman–Crippen MR) is 52.0 cm³/mol. The summed E-state index contributed by atoms with van der Waals surface area (Å²) in [5.74, 6) is 0. The summed E-state index contributed by atoms with van der Waals surface area (Å²) in [4.78, 5) is 28.3. The minimum atomic E-state index is -4.40. The molecule has 0 heterocycles. The summed E-state index contributed by atoms with van der Waals surface area (Å²) < 4.78 is 16.1. The van der Waals surface area contributed by atoms with Crippen molar-refractivity contribution in [2.45, 2.75) is 38.5 Å². The highest BCUT2D eigenvalue weighted by Gasteiger charge is 2.43. The fourth-order valence-electron chi connectivity index (χ4n) is 0.853. The van der Waals surface area contributed by atoms with Gasteiger partial charge in [0.05, 0.1) is 0 Å². The molecule has 0 fully saturated rings. The number of hydrogen-bond acceptors (Lipinski definition) is 3. The maximum atomic E-state index is 11.0. The molecule has 0 aliphatic rings. The first kappa shape index (κ1) is 13.8. The van der Waals surface area contributed by atoms with E-state index in [0.717, 1.165) is 6.42 Å². The maximum Gasteiger partial charge on any atom is 0.357 e. The molecule has 2 N–H and O–H groups in total. The molecule has 0 amide bonds. The third kappa shape index (κ3) is 3.88. The lowest BCUT2D eigenvalue weighted by Crippen LogP contribution is -2.29. The van der Waals surface area contributed by atoms with Crippen molar-refractivity contribution in [1.29, 1.82) is 0 Å². The second kappa shape index (κ2) is 5.61. The monoisotopic (exact) mass is 224 g/mol. The molecule has 0 aromatic carbocycles. The first-order valence-electron chi connectivity index (χ1n) is 4.50. The van der Waals surface area contributed by atoms with Gasteiger partial charge in [-0.05, 0) is 13.3 Å². The predicted octanol–water partition coefficient (Wildman–Crippen LogP) is 1.29. The lowest BCUT2D eigenvalue weighted by Gasteiger charge is -2.28. The van der Waals surface area contributed by atoms with Gasteiger partial charge in [0.15, 0.2) is 5.34 Å². The Balaban J connectivity index is 4.40. The minimum absolute atomic E-state index is 0.256. The Kier molecular flexibility index (Phi) is 5.52. The van der Waals surface area contributed by atoms with Gasteiger partial charge in [0.25, 0.3) is 0 Å². The van der Waals surface area contributed by atoms with Gasteiger partial charge in [-0.2, -0.15) is 0 Å². The van der Waals surface area contributed by atoms with Gasteiger partial charge in [0.1, 0.15) is 6.29 Å². The van der Waals surface area contributed by atoms with Crippen LogP contribution < -0.4 is 0 Å². The summed E-state index contributed by atoms with van der Waals surface area (Å²) in [5.41, 5.74) is 0. The molecular weight excluding hydrogens is 207 g/mol. The summed E-state index contributed by atoms with van der Waals surface area (Å²) in [5, 5.41) is -1.66. The Morgan fingerprint density at radius 1 is 1.50 bits per heavy atom. The van der Waals surface area contributed by atoms with Crippen LogP contribution in [-0.4, -0.2) is 28.0 Å². The van der Waals surface area contributed by atoms with Crippen LogP contribution in [0.5, 0.6) is 0 Å². The summed E-state index contributed by atoms with van der Waals surface area (Å²) in [6.07, 6.45) is 1.76. The van der Waals surface area contributed by atoms with E-state index in [9.17, 15) is 9.36 Å². The summed E-state index contributed by atoms with van der Waals surface area (Å²) in [6.45, 7) is 3.46. The van der Waals surface area contributed by atoms with E-state index >= 15 is 0 Å². The number of carbonyl (C=O) groups excluding carboxylic acids is 1. The van der Waals surface area contributed by atoms with Gasteiger partial charge in [0.2, 0.25) is 0 Å². The normalized spacial score (nSPS) is 16.3. The molecule has 0 saturated heterocycles. The largest absolute Gasteiger partial charge is 0.362 e. The van der Waals surface area contributed by atoms with E-state index < -0.39 is 12.9 Å². The van der Waals surface area contributed by atoms with Gasteiger partial charge >= 0.3 is 7.60 Å². The number of aldehydes is 1. The van der Waals surface area contributed by atoms with Gasteiger partial charge in [-0.3, -0.25) is 4.57 Å². The SMILES string of the molecule is CCCCOC(C)(CC=O)P(=O)(O)O. The van der Waals surface area contributed by atoms with Crippen LogP contribution in [0.4, 0.5) is 0 Å². The lowest BCUT2D eigenvalue weighted by molar-refractivity contribution is -0.112. The second-order valence-corrected chi connectivity index (χ2v) is 5.33. The maximum absolute atomic E-state index is 11.0. The average molecular weight is 224 g/mol. The molecule has 0 rings (SSSR count). The molecule has 0 aromatic heterocycles. The van der Waals surface area contributed by atoms with E-state index in [1.807, 2.05) is 6.92 Å². The third-order valence-electron chi connectivity index (χ3n) is 1.99. The zero-order valence-electron chi connectivity index (χ0n) is 8.47. The molecule has 0 aliphatic heterocycles. The molecule has 1 atom stereocenters. The summed E-state index contributed by atoms with van der Waals surface area (Å²) in [6, 6.07) is 0. The fourth-order valence-corrected chi connectivity index (χ4v) is 1.42. The number of rotatable bonds is 7. The third-order valence-corrected chi connectivity index (χ3v) is 3.53. The van der Waals surface area contributed by atoms with Crippen LogP contribution in [0.15, 0.2) is 0 Å². The van der Waals surface area contributed by atoms with Crippen LogP contribution in [0, 0.1) is 0 Å². The van der Waals surface area contributed by atoms with Crippen LogP contribution in [-0.2, 0) is 14.1 Å². The van der Waals surface area contributed by atoms with Crippen LogP contribution in [0.2, 0.25) is 0 Å². The van der Waals surface area contributed by atoms with Crippen molar-refractivity contribution in [2.75, 3.05) is 6.61 Å². The van der Waals surface area contributed by atoms with E-state index in [4.69, 9.17) is 14.5 Å². The number of carbonyl (C=O) groups is 1. The Morgan fingerprint density at radius 2 is 2.07 bits per heavy atom. The highest BCUT2D eigenvalue weighted by atomic mass is 31.2. The molecule has 0 spiro atoms. The lowest BCUT2D eigenvalue weighted by atomic mass is 10.3. The van der Waals surface area contributed by atoms with E-state index in [1.54, 1.807) is 0 Å². The molecule has 0 saturated carbocycles. The number of unbranched alkanes of at least 4 members (excludes halogenated alkanes) is 1. The second-order valence-electron chi connectivity index (χ2n) is 3.29. The zero-order valence-corrected chi connectivity index (χ0v) is 9.37. The topological polar surface area (TPSA) is 83.8 Å². The molecular formula is C8H17O5P. The number of ether oxygens (including phenoxy) is 1. The molecule has 1 unspecified atom stereocenters. The minimum Gasteiger partial charge on any atom is -0.362 e. The van der Waals surface area contributed by atoms with Crippen molar-refractivity contribution >= 4 is 13.9 Å². The van der Waals surface area contributed by atoms with Crippen molar-refractivity contribution in [3.63, 3.8) is 0 Å². The van der Waals surface area contributed by atoms with Crippen molar-refractivity contribution in [3.8, 4) is 0 Å². The Morgan fingerprint density at radius 3 is 2.43 bits per heavy atom. The summed E-state index contributed by atoms with van der Waals surface area (Å²) in [7, 11) is -4.40. The molecule has 0 aromatic rings. The Labute approximate surface area is 83.6 Å². The fraction of sp³-hybridized carbons (Fsp3) is 0.875. The number of hydrogen-bond donors (Lipinski definition) is 2. The van der Waals surface area contributed by atoms with E-state index in [1.165, 1.54) is 6.92 Å². The van der Waals surface area contributed by atoms with Crippen LogP contribution >= 0.6 is 7.60 Å². The van der Waals surface area contributed by atoms with Crippen molar-refractivity contribution in [1.82, 2.24) is 0 Å². The molecule has 5 nitrogen and oxygen atoms in total. The quantitative estimate of drug-likeness (QED) is 0.386. The molecule has 6 heteroatoms. The van der Waals surface area contributed by atoms with Crippen LogP contribution in [0.25, 0.3) is 0 Å². The van der Waals surface area contributed by atoms with Gasteiger partial charge < -0.3 is 19.3 Å². The van der Waals surface area contributed by atoms with Crippen molar-refractivity contribution in [2.24, 2.45) is 0 Å². The molecule has 0 aliphatic carbocycles. The van der Waals surface area contributed by atoms with Gasteiger partial charge in [-0.15, -0.1) is 0 Å². The molecule has 84 valence electrons. The standard InChI is InChI=1S/C8H17O5P/c1-3-4-7-13-8(2,5-6-9)14(10,11)12/h6H,3-5,7H2,1-2H3,(H2,10,11,12). The van der Waals surface area contributed by atoms with Crippen molar-refractivity contribution in [3.05, 3.63) is 0 Å². The Bertz CT molecular complexity index is 224. The molecule has 0 radical (unpaired) electrons. The zero-order chi connectivity index (χ0) is 11.2. The Hall–Kier alpha value is -0.220. The highest BCUT2D eigenvalue weighted by Crippen LogP contribution is 2.52. The first-order chi connectivity index (χ1) is 6.37.